The molecule has 0 aromatic carbocycles. The van der Waals surface area contributed by atoms with E-state index in [4.69, 9.17) is 9.84 Å². The number of carboxylic acid groups (broad SMARTS) is 1. The summed E-state index contributed by atoms with van der Waals surface area (Å²) in [7, 11) is -3.52. The van der Waals surface area contributed by atoms with Crippen LogP contribution in [-0.2, 0) is 21.4 Å². The number of carboxylic acids is 1. The Kier molecular flexibility index (Phi) is 6.57. The number of ether oxygens (including phenoxy) is 1. The van der Waals surface area contributed by atoms with Crippen molar-refractivity contribution in [3.8, 4) is 5.88 Å². The summed E-state index contributed by atoms with van der Waals surface area (Å²) in [6.45, 7) is 3.77. The zero-order chi connectivity index (χ0) is 15.9. The van der Waals surface area contributed by atoms with E-state index in [1.807, 2.05) is 13.8 Å². The van der Waals surface area contributed by atoms with Gasteiger partial charge in [-0.3, -0.25) is 4.79 Å². The summed E-state index contributed by atoms with van der Waals surface area (Å²) in [5.74, 6) is -0.842. The summed E-state index contributed by atoms with van der Waals surface area (Å²) in [6, 6.07) is 3.42. The van der Waals surface area contributed by atoms with Crippen LogP contribution in [-0.4, -0.2) is 36.3 Å². The molecule has 0 aliphatic heterocycles. The number of hydrogen-bond acceptors (Lipinski definition) is 5. The van der Waals surface area contributed by atoms with E-state index in [1.54, 1.807) is 18.3 Å². The molecule has 2 N–H and O–H groups in total. The number of carbonyl (C=O) groups is 1. The molecule has 0 spiro atoms. The van der Waals surface area contributed by atoms with Gasteiger partial charge in [0.05, 0.1) is 11.9 Å². The highest BCUT2D eigenvalue weighted by atomic mass is 32.2. The van der Waals surface area contributed by atoms with Crippen LogP contribution in [0, 0.1) is 0 Å². The normalized spacial score (nSPS) is 11.6. The number of sulfonamides is 1. The molecule has 0 saturated carbocycles. The Morgan fingerprint density at radius 2 is 2.19 bits per heavy atom. The summed E-state index contributed by atoms with van der Waals surface area (Å²) in [5, 5.41) is 8.50. The van der Waals surface area contributed by atoms with Crippen molar-refractivity contribution in [1.29, 1.82) is 0 Å². The highest BCUT2D eigenvalue weighted by Crippen LogP contribution is 2.15. The maximum atomic E-state index is 11.8. The van der Waals surface area contributed by atoms with Gasteiger partial charge in [-0.05, 0) is 26.3 Å². The number of rotatable bonds is 9. The van der Waals surface area contributed by atoms with E-state index in [9.17, 15) is 13.2 Å². The third-order valence-electron chi connectivity index (χ3n) is 2.48. The van der Waals surface area contributed by atoms with Crippen molar-refractivity contribution >= 4 is 16.0 Å². The lowest BCUT2D eigenvalue weighted by Crippen LogP contribution is -2.26. The van der Waals surface area contributed by atoms with E-state index in [2.05, 4.69) is 9.71 Å². The monoisotopic (exact) mass is 316 g/mol. The molecule has 1 aromatic heterocycles. The van der Waals surface area contributed by atoms with Gasteiger partial charge in [-0.25, -0.2) is 18.1 Å². The predicted octanol–water partition coefficient (Wildman–Crippen LogP) is 1.15. The molecule has 0 saturated heterocycles. The van der Waals surface area contributed by atoms with Crippen LogP contribution in [0.4, 0.5) is 0 Å². The Balaban J connectivity index is 2.60. The van der Waals surface area contributed by atoms with Crippen molar-refractivity contribution in [2.45, 2.75) is 39.3 Å². The Bertz CT molecular complexity index is 572. The van der Waals surface area contributed by atoms with E-state index < -0.39 is 16.0 Å². The van der Waals surface area contributed by atoms with Gasteiger partial charge in [0, 0.05) is 24.7 Å². The molecule has 0 unspecified atom stereocenters. The highest BCUT2D eigenvalue weighted by molar-refractivity contribution is 7.89. The molecule has 0 bridgehead atoms. The minimum absolute atomic E-state index is 0.0608. The van der Waals surface area contributed by atoms with Gasteiger partial charge in [0.1, 0.15) is 0 Å². The molecule has 21 heavy (non-hydrogen) atoms. The maximum Gasteiger partial charge on any atom is 0.303 e. The number of aliphatic carboxylic acids is 1. The zero-order valence-corrected chi connectivity index (χ0v) is 12.9. The van der Waals surface area contributed by atoms with Crippen LogP contribution < -0.4 is 9.46 Å². The van der Waals surface area contributed by atoms with E-state index in [1.165, 1.54) is 0 Å². The summed E-state index contributed by atoms with van der Waals surface area (Å²) < 4.78 is 31.4. The third-order valence-corrected chi connectivity index (χ3v) is 3.89. The van der Waals surface area contributed by atoms with Crippen molar-refractivity contribution < 1.29 is 23.1 Å². The van der Waals surface area contributed by atoms with Crippen LogP contribution in [0.15, 0.2) is 18.3 Å². The first-order valence-corrected chi connectivity index (χ1v) is 8.25. The Labute approximate surface area is 124 Å². The molecule has 0 fully saturated rings. The van der Waals surface area contributed by atoms with Crippen molar-refractivity contribution in [2.75, 3.05) is 5.75 Å². The molecular formula is C13H20N2O5S. The largest absolute Gasteiger partial charge is 0.481 e. The quantitative estimate of drug-likeness (QED) is 0.708. The van der Waals surface area contributed by atoms with Crippen molar-refractivity contribution in [2.24, 2.45) is 0 Å². The van der Waals surface area contributed by atoms with Gasteiger partial charge in [0.2, 0.25) is 15.9 Å². The summed E-state index contributed by atoms with van der Waals surface area (Å²) >= 11 is 0. The van der Waals surface area contributed by atoms with Crippen LogP contribution in [0.2, 0.25) is 0 Å². The predicted molar refractivity (Wildman–Crippen MR) is 77.5 cm³/mol. The molecule has 0 aliphatic carbocycles. The van der Waals surface area contributed by atoms with Crippen molar-refractivity contribution in [3.63, 3.8) is 0 Å². The van der Waals surface area contributed by atoms with Crippen LogP contribution in [0.1, 0.15) is 32.3 Å². The fourth-order valence-corrected chi connectivity index (χ4v) is 2.61. The van der Waals surface area contributed by atoms with E-state index >= 15 is 0 Å². The van der Waals surface area contributed by atoms with E-state index in [0.717, 1.165) is 0 Å². The molecule has 0 atom stereocenters. The van der Waals surface area contributed by atoms with Crippen molar-refractivity contribution in [3.05, 3.63) is 23.9 Å². The minimum Gasteiger partial charge on any atom is -0.481 e. The van der Waals surface area contributed by atoms with Gasteiger partial charge >= 0.3 is 5.97 Å². The summed E-state index contributed by atoms with van der Waals surface area (Å²) in [4.78, 5) is 14.4. The van der Waals surface area contributed by atoms with Gasteiger partial charge in [0.25, 0.3) is 0 Å². The van der Waals surface area contributed by atoms with Crippen LogP contribution in [0.5, 0.6) is 5.88 Å². The van der Waals surface area contributed by atoms with Crippen molar-refractivity contribution in [1.82, 2.24) is 9.71 Å². The number of nitrogens with zero attached hydrogens (tertiary/aromatic N) is 1. The molecule has 7 nitrogen and oxygen atoms in total. The molecule has 0 amide bonds. The second kappa shape index (κ2) is 7.94. The fourth-order valence-electron chi connectivity index (χ4n) is 1.56. The minimum atomic E-state index is -3.52. The number of nitrogens with one attached hydrogen (secondary N) is 1. The van der Waals surface area contributed by atoms with E-state index in [0.29, 0.717) is 11.4 Å². The fraction of sp³-hybridized carbons (Fsp3) is 0.538. The molecule has 118 valence electrons. The first-order valence-electron chi connectivity index (χ1n) is 6.60. The number of aromatic nitrogens is 1. The van der Waals surface area contributed by atoms with Gasteiger partial charge in [-0.1, -0.05) is 6.07 Å². The summed E-state index contributed by atoms with van der Waals surface area (Å²) in [5.41, 5.74) is 0.632. The standard InChI is InChI=1S/C13H20N2O5S/c1-10(2)20-13-11(5-3-7-14-13)9-15-21(18,19)8-4-6-12(16)17/h3,5,7,10,15H,4,6,8-9H2,1-2H3,(H,16,17). The third kappa shape index (κ3) is 7.05. The Morgan fingerprint density at radius 3 is 2.81 bits per heavy atom. The molecule has 0 radical (unpaired) electrons. The zero-order valence-electron chi connectivity index (χ0n) is 12.1. The first-order chi connectivity index (χ1) is 9.80. The molecule has 1 rings (SSSR count). The van der Waals surface area contributed by atoms with Gasteiger partial charge in [0.15, 0.2) is 0 Å². The van der Waals surface area contributed by atoms with Crippen LogP contribution >= 0.6 is 0 Å². The van der Waals surface area contributed by atoms with Gasteiger partial charge in [-0.15, -0.1) is 0 Å². The van der Waals surface area contributed by atoms with Crippen LogP contribution in [0.25, 0.3) is 0 Å². The lowest BCUT2D eigenvalue weighted by atomic mass is 10.3. The van der Waals surface area contributed by atoms with Gasteiger partial charge < -0.3 is 9.84 Å². The molecule has 1 heterocycles. The van der Waals surface area contributed by atoms with E-state index in [-0.39, 0.29) is 31.2 Å². The topological polar surface area (TPSA) is 106 Å². The average molecular weight is 316 g/mol. The molecule has 0 aliphatic rings. The highest BCUT2D eigenvalue weighted by Gasteiger charge is 2.13. The lowest BCUT2D eigenvalue weighted by Gasteiger charge is -2.13. The smallest absolute Gasteiger partial charge is 0.303 e. The lowest BCUT2D eigenvalue weighted by molar-refractivity contribution is -0.137. The average Bonchev–Trinajstić information content (AvgIpc) is 2.36. The maximum absolute atomic E-state index is 11.8. The number of pyridine rings is 1. The second-order valence-corrected chi connectivity index (χ2v) is 6.70. The van der Waals surface area contributed by atoms with Gasteiger partial charge in [-0.2, -0.15) is 0 Å². The molecule has 8 heteroatoms. The molecular weight excluding hydrogens is 296 g/mol. The Hall–Kier alpha value is -1.67. The van der Waals surface area contributed by atoms with Crippen LogP contribution in [0.3, 0.4) is 0 Å². The Morgan fingerprint density at radius 1 is 1.48 bits per heavy atom. The number of hydrogen-bond donors (Lipinski definition) is 2. The second-order valence-electron chi connectivity index (χ2n) is 4.77. The SMILES string of the molecule is CC(C)Oc1ncccc1CNS(=O)(=O)CCCC(=O)O. The summed E-state index contributed by atoms with van der Waals surface area (Å²) in [6.07, 6.45) is 1.41. The molecule has 1 aromatic rings. The first kappa shape index (κ1) is 17.4.